The first kappa shape index (κ1) is 11.3. The van der Waals surface area contributed by atoms with Crippen LogP contribution in [-0.2, 0) is 0 Å². The highest BCUT2D eigenvalue weighted by atomic mass is 79.9. The Morgan fingerprint density at radius 2 is 1.86 bits per heavy atom. The van der Waals surface area contributed by atoms with Crippen molar-refractivity contribution in [3.8, 4) is 0 Å². The lowest BCUT2D eigenvalue weighted by atomic mass is 9.73. The van der Waals surface area contributed by atoms with Gasteiger partial charge in [0.2, 0.25) is 0 Å². The maximum Gasteiger partial charge on any atom is 0.0341 e. The predicted octanol–water partition coefficient (Wildman–Crippen LogP) is 4.70. The number of hydrogen-bond donors (Lipinski definition) is 0. The number of hydrogen-bond acceptors (Lipinski definition) is 0. The molecule has 0 saturated heterocycles. The van der Waals surface area contributed by atoms with Gasteiger partial charge in [0.25, 0.3) is 0 Å². The van der Waals surface area contributed by atoms with Crippen LogP contribution in [0, 0.1) is 11.8 Å². The summed E-state index contributed by atoms with van der Waals surface area (Å²) in [5.41, 5.74) is 0. The molecule has 0 aliphatic heterocycles. The fourth-order valence-electron chi connectivity index (χ4n) is 2.92. The maximum atomic E-state index is 6.24. The van der Waals surface area contributed by atoms with Crippen LogP contribution in [0.5, 0.6) is 0 Å². The molecule has 0 aromatic rings. The summed E-state index contributed by atoms with van der Waals surface area (Å²) < 4.78 is 0. The molecule has 0 heterocycles. The van der Waals surface area contributed by atoms with Gasteiger partial charge >= 0.3 is 0 Å². The van der Waals surface area contributed by atoms with Crippen molar-refractivity contribution in [1.82, 2.24) is 0 Å². The van der Waals surface area contributed by atoms with Crippen molar-refractivity contribution >= 4 is 27.5 Å². The topological polar surface area (TPSA) is 0 Å². The van der Waals surface area contributed by atoms with Gasteiger partial charge in [-0.2, -0.15) is 0 Å². The third-order valence-corrected chi connectivity index (χ3v) is 5.17. The van der Waals surface area contributed by atoms with Crippen molar-refractivity contribution in [1.29, 1.82) is 0 Å². The first-order chi connectivity index (χ1) is 6.77. The second-order valence-corrected chi connectivity index (χ2v) is 6.55. The summed E-state index contributed by atoms with van der Waals surface area (Å²) in [4.78, 5) is 0.744. The van der Waals surface area contributed by atoms with Gasteiger partial charge in [0, 0.05) is 10.2 Å². The molecule has 2 aliphatic rings. The Morgan fingerprint density at radius 3 is 2.57 bits per heavy atom. The molecule has 0 nitrogen and oxygen atoms in total. The highest BCUT2D eigenvalue weighted by Crippen LogP contribution is 2.43. The van der Waals surface area contributed by atoms with Gasteiger partial charge in [0.05, 0.1) is 0 Å². The molecule has 14 heavy (non-hydrogen) atoms. The van der Waals surface area contributed by atoms with E-state index in [-0.39, 0.29) is 0 Å². The zero-order chi connectivity index (χ0) is 9.97. The molecule has 1 radical (unpaired) electrons. The van der Waals surface area contributed by atoms with Crippen LogP contribution in [0.2, 0.25) is 0 Å². The van der Waals surface area contributed by atoms with Gasteiger partial charge < -0.3 is 0 Å². The largest absolute Gasteiger partial charge is 0.123 e. The van der Waals surface area contributed by atoms with Crippen molar-refractivity contribution in [2.75, 3.05) is 0 Å². The van der Waals surface area contributed by atoms with Crippen molar-refractivity contribution in [2.45, 2.75) is 61.6 Å². The predicted molar refractivity (Wildman–Crippen MR) is 66.0 cm³/mol. The van der Waals surface area contributed by atoms with E-state index < -0.39 is 0 Å². The Hall–Kier alpha value is 0.770. The molecule has 3 unspecified atom stereocenters. The van der Waals surface area contributed by atoms with Crippen molar-refractivity contribution in [3.05, 3.63) is 5.92 Å². The van der Waals surface area contributed by atoms with Crippen LogP contribution in [-0.4, -0.2) is 10.2 Å². The molecule has 81 valence electrons. The molecule has 2 saturated carbocycles. The van der Waals surface area contributed by atoms with E-state index in [4.69, 9.17) is 11.6 Å². The highest BCUT2D eigenvalue weighted by Gasteiger charge is 2.33. The minimum atomic E-state index is 0.431. The Kier molecular flexibility index (Phi) is 4.19. The molecule has 0 amide bonds. The van der Waals surface area contributed by atoms with E-state index in [1.54, 1.807) is 5.92 Å². The number of rotatable bonds is 1. The first-order valence-corrected chi connectivity index (χ1v) is 7.25. The van der Waals surface area contributed by atoms with Crippen LogP contribution in [0.4, 0.5) is 0 Å². The third-order valence-electron chi connectivity index (χ3n) is 3.70. The van der Waals surface area contributed by atoms with Gasteiger partial charge in [-0.1, -0.05) is 35.2 Å². The lowest BCUT2D eigenvalue weighted by Crippen LogP contribution is -2.29. The minimum Gasteiger partial charge on any atom is -0.123 e. The second kappa shape index (κ2) is 5.21. The van der Waals surface area contributed by atoms with E-state index in [0.29, 0.717) is 5.38 Å². The molecular formula is C12H19BrCl. The monoisotopic (exact) mass is 277 g/mol. The van der Waals surface area contributed by atoms with Gasteiger partial charge in [0.15, 0.2) is 0 Å². The summed E-state index contributed by atoms with van der Waals surface area (Å²) in [7, 11) is 0. The van der Waals surface area contributed by atoms with E-state index in [1.165, 1.54) is 51.4 Å². The summed E-state index contributed by atoms with van der Waals surface area (Å²) in [6, 6.07) is 0. The summed E-state index contributed by atoms with van der Waals surface area (Å²) in [6.07, 6.45) is 10.7. The first-order valence-electron chi connectivity index (χ1n) is 5.90. The van der Waals surface area contributed by atoms with Gasteiger partial charge in [-0.25, -0.2) is 0 Å². The maximum absolute atomic E-state index is 6.24. The average Bonchev–Trinajstić information content (AvgIpc) is 2.18. The molecule has 2 fully saturated rings. The van der Waals surface area contributed by atoms with Crippen LogP contribution >= 0.6 is 27.5 Å². The number of alkyl halides is 2. The standard InChI is InChI=1S/C12H19BrCl/c13-12-7-2-1-6-11(12)9-4-3-5-10(14)8-9/h10-12H,1-8H2. The summed E-state index contributed by atoms with van der Waals surface area (Å²) in [6.45, 7) is 0. The third kappa shape index (κ3) is 2.66. The van der Waals surface area contributed by atoms with Crippen LogP contribution in [0.25, 0.3) is 0 Å². The molecule has 2 aliphatic carbocycles. The zero-order valence-electron chi connectivity index (χ0n) is 8.64. The molecule has 0 N–H and O–H groups in total. The number of halogens is 2. The quantitative estimate of drug-likeness (QED) is 0.610. The minimum absolute atomic E-state index is 0.431. The molecular weight excluding hydrogens is 259 g/mol. The lowest BCUT2D eigenvalue weighted by Gasteiger charge is -2.37. The molecule has 2 heteroatoms. The van der Waals surface area contributed by atoms with E-state index in [1.807, 2.05) is 0 Å². The molecule has 3 atom stereocenters. The van der Waals surface area contributed by atoms with Gasteiger partial charge in [-0.3, -0.25) is 0 Å². The smallest absolute Gasteiger partial charge is 0.0341 e. The van der Waals surface area contributed by atoms with Gasteiger partial charge in [-0.15, -0.1) is 11.6 Å². The molecule has 0 bridgehead atoms. The van der Waals surface area contributed by atoms with E-state index in [9.17, 15) is 0 Å². The summed E-state index contributed by atoms with van der Waals surface area (Å²) in [5.74, 6) is 2.60. The van der Waals surface area contributed by atoms with Crippen molar-refractivity contribution in [2.24, 2.45) is 5.92 Å². The lowest BCUT2D eigenvalue weighted by molar-refractivity contribution is 0.337. The fraction of sp³-hybridized carbons (Fsp3) is 0.917. The Labute approximate surface area is 101 Å². The van der Waals surface area contributed by atoms with Crippen LogP contribution in [0.3, 0.4) is 0 Å². The van der Waals surface area contributed by atoms with E-state index >= 15 is 0 Å². The average molecular weight is 279 g/mol. The van der Waals surface area contributed by atoms with Crippen molar-refractivity contribution in [3.63, 3.8) is 0 Å². The van der Waals surface area contributed by atoms with E-state index in [0.717, 1.165) is 10.7 Å². The fourth-order valence-corrected chi connectivity index (χ4v) is 4.24. The Bertz CT molecular complexity index is 183. The van der Waals surface area contributed by atoms with Gasteiger partial charge in [0.1, 0.15) is 0 Å². The molecule has 0 aromatic carbocycles. The van der Waals surface area contributed by atoms with E-state index in [2.05, 4.69) is 15.9 Å². The SMILES string of the molecule is ClC1CCC[C](C2CCCCC2Br)C1. The summed E-state index contributed by atoms with van der Waals surface area (Å²) in [5, 5.41) is 0.431. The zero-order valence-corrected chi connectivity index (χ0v) is 11.0. The van der Waals surface area contributed by atoms with Crippen molar-refractivity contribution < 1.29 is 0 Å². The molecule has 0 spiro atoms. The second-order valence-electron chi connectivity index (χ2n) is 4.76. The molecule has 0 aromatic heterocycles. The Balaban J connectivity index is 1.91. The highest BCUT2D eigenvalue weighted by molar-refractivity contribution is 9.09. The van der Waals surface area contributed by atoms with Gasteiger partial charge in [-0.05, 0) is 43.9 Å². The molecule has 2 rings (SSSR count). The van der Waals surface area contributed by atoms with Crippen LogP contribution in [0.15, 0.2) is 0 Å². The normalized spacial score (nSPS) is 41.1. The Morgan fingerprint density at radius 1 is 1.07 bits per heavy atom. The summed E-state index contributed by atoms with van der Waals surface area (Å²) >= 11 is 10.1. The van der Waals surface area contributed by atoms with Crippen LogP contribution < -0.4 is 0 Å². The van der Waals surface area contributed by atoms with Crippen LogP contribution in [0.1, 0.15) is 51.4 Å².